The molecule has 130 heavy (non-hydrogen) atoms. The van der Waals surface area contributed by atoms with Crippen LogP contribution in [0.3, 0.4) is 0 Å². The third-order valence-corrected chi connectivity index (χ3v) is 23.1. The summed E-state index contributed by atoms with van der Waals surface area (Å²) in [4.78, 5) is 150. The molecule has 0 fully saturated rings. The lowest BCUT2D eigenvalue weighted by molar-refractivity contribution is -0.438. The summed E-state index contributed by atoms with van der Waals surface area (Å²) in [6.45, 7) is 9.60. The largest absolute Gasteiger partial charge is 0.748 e. The molecule has 4 amide bonds. The van der Waals surface area contributed by atoms with E-state index < -0.39 is 118 Å². The summed E-state index contributed by atoms with van der Waals surface area (Å²) in [5, 5.41) is 39.2. The fourth-order valence-electron chi connectivity index (χ4n) is 15.3. The van der Waals surface area contributed by atoms with Crippen molar-refractivity contribution in [1.82, 2.24) is 21.3 Å². The molecule has 704 valence electrons. The topological polar surface area (TPSA) is 560 Å². The molecule has 39 heteroatoms. The van der Waals surface area contributed by atoms with Crippen molar-refractivity contribution in [2.75, 3.05) is 36.0 Å². The number of carbonyl (C=O) groups is 9. The molecule has 35 nitrogen and oxygen atoms in total. The number of fused-ring (bicyclic) bond motifs is 2. The van der Waals surface area contributed by atoms with Crippen molar-refractivity contribution in [2.45, 2.75) is 224 Å². The second-order valence-corrected chi connectivity index (χ2v) is 35.8. The molecule has 0 saturated carbocycles. The molecule has 5 aromatic rings. The number of unbranched alkanes of at least 4 members (excludes halogenated alkanes) is 7. The highest BCUT2D eigenvalue weighted by molar-refractivity contribution is 7.86. The van der Waals surface area contributed by atoms with Crippen LogP contribution in [-0.2, 0) is 129 Å². The van der Waals surface area contributed by atoms with E-state index in [1.165, 1.54) is 0 Å². The first kappa shape index (κ1) is 110. The van der Waals surface area contributed by atoms with E-state index in [0.29, 0.717) is 81.5 Å². The Labute approximate surface area is 758 Å². The minimum atomic E-state index is -4.39. The predicted octanol–water partition coefficient (Wildman–Crippen LogP) is 10.0. The summed E-state index contributed by atoms with van der Waals surface area (Å²) in [6, 6.07) is 37.5. The van der Waals surface area contributed by atoms with Crippen molar-refractivity contribution in [3.8, 4) is 5.75 Å². The van der Waals surface area contributed by atoms with Crippen LogP contribution in [0.2, 0.25) is 0 Å². The quantitative estimate of drug-likeness (QED) is 0.0102. The van der Waals surface area contributed by atoms with Crippen LogP contribution >= 0.6 is 0 Å². The molecule has 0 unspecified atom stereocenters. The fraction of sp³-hybridized carbons (Fsp3) is 0.451. The number of hydrogen-bond donors (Lipinski definition) is 8. The van der Waals surface area contributed by atoms with E-state index in [1.54, 1.807) is 24.3 Å². The Morgan fingerprint density at radius 3 is 1.68 bits per heavy atom. The summed E-state index contributed by atoms with van der Waals surface area (Å²) in [6.07, 6.45) is 16.5. The van der Waals surface area contributed by atoms with Crippen LogP contribution in [0.25, 0.3) is 0 Å². The number of amides is 4. The molecule has 1 aliphatic carbocycles. The maximum atomic E-state index is 14.3. The number of carboxylic acids is 3. The Bertz CT molecular complexity index is 5360. The highest BCUT2D eigenvalue weighted by Crippen LogP contribution is 2.48. The summed E-state index contributed by atoms with van der Waals surface area (Å²) in [7, 11) is -14.8. The Morgan fingerprint density at radius 2 is 1.08 bits per heavy atom. The van der Waals surface area contributed by atoms with Gasteiger partial charge in [0.05, 0.1) is 27.3 Å². The Morgan fingerprint density at radius 1 is 0.546 bits per heavy atom. The number of allylic oxidation sites excluding steroid dienone is 7. The number of para-hydroxylation sites is 2. The van der Waals surface area contributed by atoms with E-state index in [0.717, 1.165) is 75.4 Å². The maximum Gasteiger partial charge on any atom is 0.425 e. The molecular formula is C91H112N6O29S4. The fourth-order valence-corrected chi connectivity index (χ4v) is 16.4. The first-order valence-electron chi connectivity index (χ1n) is 42.1. The number of aliphatic carboxylic acids is 3. The standard InChI is InChI=1S/C89H112N6O19S2.2CO2.2O3S/c1-88(2)71-36-17-19-38-76(71)94(54-21-23-56-115(108,109)110)79(88)51-45-65-32-25-33-66(46-52-80-89(3,4)72-37-18-20-39-77(72)95(80)55-22-24-57-116(111,112)113)83(65)114-70-48-43-64(44-49-70)60-75(86(105)106)91-81(99)41-16-8-6-5-7-15-40-78(98)74(59-63-30-13-10-14-31-63)92-84(102)67(58-62-28-11-9-12-29-62)61-69(97)35-26-34-68(96)47-50-73(85(103)104)93-87(107)90-53-27-42-82(100)101;2*2-1-3;2*1-4(2)3/h9-14,17-20,28-31,36-39,43-46,48-49,51-52,67,73-75H,5-8,15-16,21-27,32-35,40-42,47,50,53-61H2,1-4H3,(H8-,90,91,92,93,99,100,101,102,103,104,105,106,107,108,109,110,111,112,113);;;;/t67-,73+,74+,75+;;;;/m1..../s1. The Balaban J connectivity index is 0.00000236. The van der Waals surface area contributed by atoms with E-state index >= 15 is 0 Å². The smallest absolute Gasteiger partial charge is 0.425 e. The van der Waals surface area contributed by atoms with Gasteiger partial charge in [0.25, 0.3) is 10.1 Å². The van der Waals surface area contributed by atoms with Crippen molar-refractivity contribution in [2.24, 2.45) is 5.92 Å². The predicted molar refractivity (Wildman–Crippen MR) is 472 cm³/mol. The summed E-state index contributed by atoms with van der Waals surface area (Å²) >= 11 is 0. The highest BCUT2D eigenvalue weighted by atomic mass is 32.2. The maximum absolute atomic E-state index is 14.3. The summed E-state index contributed by atoms with van der Waals surface area (Å²) < 4.78 is 128. The third-order valence-electron chi connectivity index (χ3n) is 21.5. The van der Waals surface area contributed by atoms with Crippen LogP contribution in [0, 0.1) is 5.92 Å². The van der Waals surface area contributed by atoms with Crippen molar-refractivity contribution in [1.29, 1.82) is 0 Å². The first-order chi connectivity index (χ1) is 61.5. The zero-order valence-corrected chi connectivity index (χ0v) is 76.0. The van der Waals surface area contributed by atoms with Gasteiger partial charge in [-0.25, -0.2) is 22.8 Å². The highest BCUT2D eigenvalue weighted by Gasteiger charge is 2.45. The number of Topliss-reactive ketones (excluding diaryl/α,β-unsaturated/α-hetero) is 3. The average Bonchev–Trinajstić information content (AvgIpc) is 1.60. The number of rotatable bonds is 50. The lowest BCUT2D eigenvalue weighted by Crippen LogP contribution is -2.46. The molecule has 8 N–H and O–H groups in total. The van der Waals surface area contributed by atoms with Gasteiger partial charge in [0, 0.05) is 117 Å². The van der Waals surface area contributed by atoms with Gasteiger partial charge in [-0.2, -0.15) is 32.2 Å². The van der Waals surface area contributed by atoms with Gasteiger partial charge in [0.15, 0.2) is 11.5 Å². The average molecular weight is 1880 g/mol. The van der Waals surface area contributed by atoms with Crippen LogP contribution < -0.4 is 30.9 Å². The van der Waals surface area contributed by atoms with E-state index in [9.17, 15) is 79.3 Å². The second-order valence-electron chi connectivity index (χ2n) is 31.9. The molecule has 0 aromatic heterocycles. The number of carbonyl (C=O) groups excluding carboxylic acids is 10. The molecule has 4 atom stereocenters. The van der Waals surface area contributed by atoms with Crippen molar-refractivity contribution in [3.05, 3.63) is 208 Å². The normalized spacial score (nSPS) is 14.9. The zero-order valence-electron chi connectivity index (χ0n) is 72.8. The minimum absolute atomic E-state index is 0.00918. The van der Waals surface area contributed by atoms with E-state index in [-0.39, 0.29) is 138 Å². The molecule has 0 bridgehead atoms. The van der Waals surface area contributed by atoms with Gasteiger partial charge in [0.2, 0.25) is 17.5 Å². The van der Waals surface area contributed by atoms with Gasteiger partial charge in [-0.1, -0.05) is 155 Å². The lowest BCUT2D eigenvalue weighted by Gasteiger charge is -2.28. The van der Waals surface area contributed by atoms with Crippen molar-refractivity contribution >= 4 is 124 Å². The zero-order chi connectivity index (χ0) is 96.6. The first-order valence-corrected chi connectivity index (χ1v) is 47.3. The van der Waals surface area contributed by atoms with E-state index in [2.05, 4.69) is 101 Å². The second kappa shape index (κ2) is 57.0. The van der Waals surface area contributed by atoms with Gasteiger partial charge >= 0.3 is 57.5 Å². The Hall–Kier alpha value is -12.2. The van der Waals surface area contributed by atoms with Gasteiger partial charge in [-0.15, -0.1) is 25.3 Å². The number of hydrogen-bond acceptors (Lipinski definition) is 26. The van der Waals surface area contributed by atoms with Crippen LogP contribution in [0.4, 0.5) is 16.2 Å². The molecule has 2 heterocycles. The van der Waals surface area contributed by atoms with Crippen molar-refractivity contribution < 1.29 is 138 Å². The minimum Gasteiger partial charge on any atom is -0.748 e. The number of nitrogens with one attached hydrogen (secondary N) is 4. The molecule has 8 rings (SSSR count). The number of carboxylic acid groups (broad SMARTS) is 3. The van der Waals surface area contributed by atoms with E-state index in [4.69, 9.17) is 54.3 Å². The molecule has 0 saturated heterocycles. The van der Waals surface area contributed by atoms with Gasteiger partial charge in [-0.3, -0.25) is 33.3 Å². The Kier molecular flexibility index (Phi) is 48.2. The third kappa shape index (κ3) is 41.0. The number of benzene rings is 5. The summed E-state index contributed by atoms with van der Waals surface area (Å²) in [5.41, 5.74) is 9.39. The van der Waals surface area contributed by atoms with Crippen LogP contribution in [-0.4, -0.2) is 191 Å². The summed E-state index contributed by atoms with van der Waals surface area (Å²) in [5.74, 6) is -5.75. The van der Waals surface area contributed by atoms with E-state index in [1.807, 2.05) is 91.0 Å². The molecule has 2 aliphatic heterocycles. The molecular weight excluding hydrogens is 1770 g/mol. The van der Waals surface area contributed by atoms with Gasteiger partial charge < -0.3 is 50.8 Å². The monoisotopic (exact) mass is 1880 g/mol. The molecule has 0 radical (unpaired) electrons. The SMILES string of the molecule is CC1(C)C(=CC=C2CCCC(C=CC3=[N+](CCCCS(=O)(=O)O)c4ccccc4C3(C)C)=C2Oc2ccc(C[C@H](NC(=O)CCCCCCCCC(=O)[C@H](Cc3ccccc3)NC(=O)[C@@H](CC(=O)CCCC(=O)CC[C@H](NC(=O)NCCCC(=O)O)C(=O)O)Cc3ccccc3)C(=O)O)cc2)N(CCCCS(=O)(=O)[O-])c2ccccc21.O=C=O.O=C=O.O=S(=O)=O.O=S(=O)=O. The number of anilines is 1. The molecule has 5 aromatic carbocycles. The van der Waals surface area contributed by atoms with Crippen molar-refractivity contribution in [3.63, 3.8) is 0 Å². The van der Waals surface area contributed by atoms with Gasteiger partial charge in [-0.05, 0) is 161 Å². The molecule has 3 aliphatic rings. The van der Waals surface area contributed by atoms with Crippen LogP contribution in [0.5, 0.6) is 5.75 Å². The number of urea groups is 1. The number of ether oxygens (including phenoxy) is 1. The lowest BCUT2D eigenvalue weighted by atomic mass is 9.81. The molecule has 0 spiro atoms. The number of ketones is 3. The van der Waals surface area contributed by atoms with Crippen LogP contribution in [0.1, 0.15) is 203 Å². The van der Waals surface area contributed by atoms with Gasteiger partial charge in [0.1, 0.15) is 41.7 Å². The van der Waals surface area contributed by atoms with Crippen LogP contribution in [0.15, 0.2) is 180 Å². The number of nitrogens with zero attached hydrogens (tertiary/aromatic N) is 2.